The summed E-state index contributed by atoms with van der Waals surface area (Å²) in [4.78, 5) is 16.1. The van der Waals surface area contributed by atoms with Crippen molar-refractivity contribution in [1.82, 2.24) is 4.90 Å². The molecule has 1 saturated heterocycles. The summed E-state index contributed by atoms with van der Waals surface area (Å²) in [6.45, 7) is 3.36. The summed E-state index contributed by atoms with van der Waals surface area (Å²) >= 11 is 3.26. The highest BCUT2D eigenvalue weighted by Crippen LogP contribution is 2.27. The zero-order chi connectivity index (χ0) is 19.6. The lowest BCUT2D eigenvalue weighted by Gasteiger charge is -2.34. The minimum absolute atomic E-state index is 0.0447. The van der Waals surface area contributed by atoms with Crippen LogP contribution in [0.4, 0.5) is 11.4 Å². The molecule has 1 fully saturated rings. The van der Waals surface area contributed by atoms with Gasteiger partial charge in [-0.1, -0.05) is 15.9 Å². The molecule has 2 aromatic rings. The lowest BCUT2D eigenvalue weighted by molar-refractivity contribution is 0.0698. The molecular weight excluding hydrogens is 434 g/mol. The standard InChI is InChI=1S/C18H20BrN3O4S/c1-21-8-10-22(11-9-21)14-4-7-17(16(12-14)18(23)24)20-27(25,26)15-5-2-13(19)3-6-15/h2-7,12,20H,8-11H2,1H3,(H,23,24). The van der Waals surface area contributed by atoms with Crippen LogP contribution in [0, 0.1) is 0 Å². The Balaban J connectivity index is 1.89. The van der Waals surface area contributed by atoms with Crippen molar-refractivity contribution in [1.29, 1.82) is 0 Å². The summed E-state index contributed by atoms with van der Waals surface area (Å²) in [6.07, 6.45) is 0. The Bertz CT molecular complexity index is 940. The SMILES string of the molecule is CN1CCN(c2ccc(NS(=O)(=O)c3ccc(Br)cc3)c(C(=O)O)c2)CC1. The molecule has 1 aliphatic rings. The van der Waals surface area contributed by atoms with Gasteiger partial charge >= 0.3 is 5.97 Å². The molecular formula is C18H20BrN3O4S. The number of hydrogen-bond acceptors (Lipinski definition) is 5. The highest BCUT2D eigenvalue weighted by molar-refractivity contribution is 9.10. The number of rotatable bonds is 5. The van der Waals surface area contributed by atoms with E-state index in [0.29, 0.717) is 0 Å². The van der Waals surface area contributed by atoms with E-state index in [4.69, 9.17) is 0 Å². The zero-order valence-electron chi connectivity index (χ0n) is 14.7. The van der Waals surface area contributed by atoms with Crippen molar-refractivity contribution in [3.05, 3.63) is 52.5 Å². The van der Waals surface area contributed by atoms with Gasteiger partial charge in [0, 0.05) is 36.3 Å². The van der Waals surface area contributed by atoms with Gasteiger partial charge in [-0.25, -0.2) is 13.2 Å². The number of benzene rings is 2. The topological polar surface area (TPSA) is 90.0 Å². The number of carbonyl (C=O) groups is 1. The molecule has 0 amide bonds. The van der Waals surface area contributed by atoms with Gasteiger partial charge in [0.15, 0.2) is 0 Å². The average Bonchev–Trinajstić information content (AvgIpc) is 2.62. The molecule has 9 heteroatoms. The lowest BCUT2D eigenvalue weighted by atomic mass is 10.1. The van der Waals surface area contributed by atoms with Crippen LogP contribution in [0.15, 0.2) is 51.8 Å². The van der Waals surface area contributed by atoms with Crippen LogP contribution in [0.1, 0.15) is 10.4 Å². The van der Waals surface area contributed by atoms with E-state index < -0.39 is 16.0 Å². The molecule has 3 rings (SSSR count). The maximum absolute atomic E-state index is 12.6. The van der Waals surface area contributed by atoms with Crippen LogP contribution < -0.4 is 9.62 Å². The molecule has 0 aromatic heterocycles. The molecule has 2 N–H and O–H groups in total. The fourth-order valence-electron chi connectivity index (χ4n) is 2.88. The first-order valence-corrected chi connectivity index (χ1v) is 10.6. The Morgan fingerprint density at radius 3 is 2.30 bits per heavy atom. The molecule has 0 radical (unpaired) electrons. The molecule has 0 bridgehead atoms. The summed E-state index contributed by atoms with van der Waals surface area (Å²) in [5, 5.41) is 9.57. The van der Waals surface area contributed by atoms with Gasteiger partial charge in [-0.3, -0.25) is 4.72 Å². The van der Waals surface area contributed by atoms with E-state index >= 15 is 0 Å². The number of sulfonamides is 1. The number of carboxylic acid groups (broad SMARTS) is 1. The molecule has 2 aromatic carbocycles. The first-order valence-electron chi connectivity index (χ1n) is 8.35. The number of aromatic carboxylic acids is 1. The number of halogens is 1. The van der Waals surface area contributed by atoms with Crippen molar-refractivity contribution in [2.45, 2.75) is 4.90 Å². The first-order chi connectivity index (χ1) is 12.8. The summed E-state index contributed by atoms with van der Waals surface area (Å²) in [6, 6.07) is 10.9. The monoisotopic (exact) mass is 453 g/mol. The van der Waals surface area contributed by atoms with Crippen molar-refractivity contribution in [2.75, 3.05) is 42.8 Å². The number of hydrogen-bond donors (Lipinski definition) is 2. The second kappa shape index (κ2) is 7.87. The van der Waals surface area contributed by atoms with Gasteiger partial charge in [-0.2, -0.15) is 0 Å². The molecule has 27 heavy (non-hydrogen) atoms. The summed E-state index contributed by atoms with van der Waals surface area (Å²) in [5.41, 5.74) is 0.738. The number of carboxylic acids is 1. The predicted octanol–water partition coefficient (Wildman–Crippen LogP) is 2.70. The Hall–Kier alpha value is -2.10. The Kier molecular flexibility index (Phi) is 5.73. The number of likely N-dealkylation sites (N-methyl/N-ethyl adjacent to an activating group) is 1. The highest BCUT2D eigenvalue weighted by atomic mass is 79.9. The van der Waals surface area contributed by atoms with E-state index in [2.05, 4.69) is 30.5 Å². The second-order valence-corrected chi connectivity index (χ2v) is 8.98. The van der Waals surface area contributed by atoms with E-state index in [0.717, 1.165) is 36.3 Å². The van der Waals surface area contributed by atoms with Crippen LogP contribution in [0.2, 0.25) is 0 Å². The maximum atomic E-state index is 12.6. The van der Waals surface area contributed by atoms with E-state index in [1.54, 1.807) is 18.2 Å². The second-order valence-electron chi connectivity index (χ2n) is 6.38. The summed E-state index contributed by atoms with van der Waals surface area (Å²) < 4.78 is 28.3. The van der Waals surface area contributed by atoms with Crippen LogP contribution in [0.3, 0.4) is 0 Å². The van der Waals surface area contributed by atoms with Gasteiger partial charge in [0.05, 0.1) is 16.1 Å². The van der Waals surface area contributed by atoms with Gasteiger partial charge < -0.3 is 14.9 Å². The highest BCUT2D eigenvalue weighted by Gasteiger charge is 2.21. The maximum Gasteiger partial charge on any atom is 0.337 e. The Labute approximate surface area is 166 Å². The number of piperazine rings is 1. The molecule has 0 spiro atoms. The van der Waals surface area contributed by atoms with Crippen LogP contribution in [-0.2, 0) is 10.0 Å². The van der Waals surface area contributed by atoms with Crippen LogP contribution in [0.5, 0.6) is 0 Å². The van der Waals surface area contributed by atoms with E-state index in [1.807, 2.05) is 7.05 Å². The molecule has 144 valence electrons. The number of nitrogens with zero attached hydrogens (tertiary/aromatic N) is 2. The fourth-order valence-corrected chi connectivity index (χ4v) is 4.22. The molecule has 0 unspecified atom stereocenters. The van der Waals surface area contributed by atoms with Crippen molar-refractivity contribution >= 4 is 43.3 Å². The summed E-state index contributed by atoms with van der Waals surface area (Å²) in [7, 11) is -1.84. The smallest absolute Gasteiger partial charge is 0.337 e. The van der Waals surface area contributed by atoms with Gasteiger partial charge in [0.1, 0.15) is 0 Å². The molecule has 1 heterocycles. The van der Waals surface area contributed by atoms with Gasteiger partial charge in [0.2, 0.25) is 0 Å². The predicted molar refractivity (Wildman–Crippen MR) is 108 cm³/mol. The van der Waals surface area contributed by atoms with E-state index in [9.17, 15) is 18.3 Å². The van der Waals surface area contributed by atoms with Gasteiger partial charge in [-0.05, 0) is 49.5 Å². The minimum atomic E-state index is -3.89. The summed E-state index contributed by atoms with van der Waals surface area (Å²) in [5.74, 6) is -1.18. The van der Waals surface area contributed by atoms with Crippen LogP contribution >= 0.6 is 15.9 Å². The fraction of sp³-hybridized carbons (Fsp3) is 0.278. The third-order valence-corrected chi connectivity index (χ3v) is 6.38. The Morgan fingerprint density at radius 1 is 1.07 bits per heavy atom. The quantitative estimate of drug-likeness (QED) is 0.722. The normalized spacial score (nSPS) is 15.6. The third-order valence-electron chi connectivity index (χ3n) is 4.47. The van der Waals surface area contributed by atoms with Gasteiger partial charge in [-0.15, -0.1) is 0 Å². The lowest BCUT2D eigenvalue weighted by Crippen LogP contribution is -2.44. The number of anilines is 2. The molecule has 1 aliphatic heterocycles. The molecule has 7 nitrogen and oxygen atoms in total. The average molecular weight is 454 g/mol. The largest absolute Gasteiger partial charge is 0.478 e. The van der Waals surface area contributed by atoms with E-state index in [1.165, 1.54) is 24.3 Å². The minimum Gasteiger partial charge on any atom is -0.478 e. The molecule has 0 saturated carbocycles. The third kappa shape index (κ3) is 4.60. The van der Waals surface area contributed by atoms with Crippen molar-refractivity contribution in [3.63, 3.8) is 0 Å². The van der Waals surface area contributed by atoms with Gasteiger partial charge in [0.25, 0.3) is 10.0 Å². The zero-order valence-corrected chi connectivity index (χ0v) is 17.1. The molecule has 0 atom stereocenters. The van der Waals surface area contributed by atoms with E-state index in [-0.39, 0.29) is 16.1 Å². The first kappa shape index (κ1) is 19.7. The Morgan fingerprint density at radius 2 is 1.70 bits per heavy atom. The van der Waals surface area contributed by atoms with Crippen molar-refractivity contribution in [2.24, 2.45) is 0 Å². The van der Waals surface area contributed by atoms with Crippen LogP contribution in [-0.4, -0.2) is 57.6 Å². The number of nitrogens with one attached hydrogen (secondary N) is 1. The van der Waals surface area contributed by atoms with Crippen molar-refractivity contribution < 1.29 is 18.3 Å². The van der Waals surface area contributed by atoms with Crippen LogP contribution in [0.25, 0.3) is 0 Å². The van der Waals surface area contributed by atoms with Crippen molar-refractivity contribution in [3.8, 4) is 0 Å². The molecule has 0 aliphatic carbocycles.